The number of nitrogens with zero attached hydrogens (tertiary/aromatic N) is 2. The van der Waals surface area contributed by atoms with Crippen molar-refractivity contribution in [3.63, 3.8) is 0 Å². The zero-order valence-corrected chi connectivity index (χ0v) is 13.8. The van der Waals surface area contributed by atoms with Crippen molar-refractivity contribution in [3.05, 3.63) is 42.1 Å². The lowest BCUT2D eigenvalue weighted by atomic mass is 10.00. The third kappa shape index (κ3) is 2.04. The average molecular weight is 341 g/mol. The van der Waals surface area contributed by atoms with E-state index in [1.54, 1.807) is 11.0 Å². The van der Waals surface area contributed by atoms with Gasteiger partial charge in [0.25, 0.3) is 5.91 Å². The Labute approximate surface area is 143 Å². The van der Waals surface area contributed by atoms with Crippen molar-refractivity contribution in [1.29, 1.82) is 0 Å². The van der Waals surface area contributed by atoms with E-state index in [1.165, 1.54) is 11.3 Å². The van der Waals surface area contributed by atoms with Gasteiger partial charge in [-0.1, -0.05) is 18.2 Å². The van der Waals surface area contributed by atoms with Crippen LogP contribution in [0.1, 0.15) is 23.2 Å². The molecule has 4 rings (SSSR count). The maximum atomic E-state index is 13.1. The van der Waals surface area contributed by atoms with Gasteiger partial charge in [0.15, 0.2) is 5.13 Å². The zero-order chi connectivity index (χ0) is 17.1. The zero-order valence-electron chi connectivity index (χ0n) is 12.9. The number of carbonyl (C=O) groups excluding carboxylic acids is 2. The molecule has 0 unspecified atom stereocenters. The first-order valence-corrected chi connectivity index (χ1v) is 8.58. The molecule has 2 amide bonds. The van der Waals surface area contributed by atoms with Gasteiger partial charge in [-0.2, -0.15) is 0 Å². The Morgan fingerprint density at radius 3 is 2.71 bits per heavy atom. The summed E-state index contributed by atoms with van der Waals surface area (Å²) in [5.74, 6) is -0.472. The fourth-order valence-corrected chi connectivity index (χ4v) is 4.32. The quantitative estimate of drug-likeness (QED) is 0.886. The van der Waals surface area contributed by atoms with Crippen LogP contribution in [0.2, 0.25) is 0 Å². The number of benzene rings is 1. The highest BCUT2D eigenvalue weighted by atomic mass is 32.1. The van der Waals surface area contributed by atoms with E-state index in [1.807, 2.05) is 23.6 Å². The maximum Gasteiger partial charge on any atom is 0.255 e. The van der Waals surface area contributed by atoms with Gasteiger partial charge in [-0.3, -0.25) is 9.59 Å². The van der Waals surface area contributed by atoms with Crippen molar-refractivity contribution < 1.29 is 9.59 Å². The standard InChI is InChI=1S/C17H17N4O2S/c1-9-6-17(15(18)23)7-13(17)21(9)14(22)11-5-3-2-4-10(11)12-8-24-16(19)20-12/h2-5,8-9,13H,1,6-7H2,(H2,18,23)(H2,19,20)/t9-,13-,17+/m0/s1. The van der Waals surface area contributed by atoms with Gasteiger partial charge < -0.3 is 16.4 Å². The fourth-order valence-electron chi connectivity index (χ4n) is 3.76. The minimum Gasteiger partial charge on any atom is -0.375 e. The molecule has 1 aromatic carbocycles. The van der Waals surface area contributed by atoms with Gasteiger partial charge in [0.05, 0.1) is 11.1 Å². The van der Waals surface area contributed by atoms with E-state index < -0.39 is 5.41 Å². The number of primary amides is 1. The smallest absolute Gasteiger partial charge is 0.255 e. The predicted octanol–water partition coefficient (Wildman–Crippen LogP) is 1.68. The molecule has 6 nitrogen and oxygen atoms in total. The van der Waals surface area contributed by atoms with Crippen LogP contribution in [0.25, 0.3) is 11.3 Å². The lowest BCUT2D eigenvalue weighted by Crippen LogP contribution is -2.37. The molecule has 1 radical (unpaired) electrons. The van der Waals surface area contributed by atoms with Gasteiger partial charge in [-0.25, -0.2) is 4.98 Å². The van der Waals surface area contributed by atoms with Crippen LogP contribution in [0.15, 0.2) is 29.6 Å². The molecular formula is C17H17N4O2S. The lowest BCUT2D eigenvalue weighted by molar-refractivity contribution is -0.123. The molecule has 24 heavy (non-hydrogen) atoms. The summed E-state index contributed by atoms with van der Waals surface area (Å²) in [6, 6.07) is 6.90. The number of nitrogen functional groups attached to an aromatic ring is 1. The molecule has 0 spiro atoms. The van der Waals surface area contributed by atoms with Crippen molar-refractivity contribution in [2.75, 3.05) is 5.73 Å². The predicted molar refractivity (Wildman–Crippen MR) is 91.9 cm³/mol. The molecule has 2 heterocycles. The Kier molecular flexibility index (Phi) is 3.18. The Bertz CT molecular complexity index is 849. The number of carbonyl (C=O) groups is 2. The van der Waals surface area contributed by atoms with Gasteiger partial charge in [0.1, 0.15) is 0 Å². The molecule has 1 aromatic heterocycles. The minimum atomic E-state index is -0.581. The summed E-state index contributed by atoms with van der Waals surface area (Å²) in [6.07, 6.45) is 1.16. The number of fused-ring (bicyclic) bond motifs is 1. The van der Waals surface area contributed by atoms with Crippen LogP contribution in [-0.2, 0) is 4.79 Å². The highest BCUT2D eigenvalue weighted by molar-refractivity contribution is 7.13. The van der Waals surface area contributed by atoms with Crippen molar-refractivity contribution >= 4 is 28.3 Å². The summed E-state index contributed by atoms with van der Waals surface area (Å²) >= 11 is 1.33. The highest BCUT2D eigenvalue weighted by Gasteiger charge is 2.68. The molecular weight excluding hydrogens is 324 g/mol. The number of hydrogen-bond donors (Lipinski definition) is 2. The van der Waals surface area contributed by atoms with Crippen molar-refractivity contribution in [2.24, 2.45) is 11.1 Å². The van der Waals surface area contributed by atoms with Crippen molar-refractivity contribution in [2.45, 2.75) is 24.9 Å². The van der Waals surface area contributed by atoms with E-state index in [0.29, 0.717) is 29.2 Å². The summed E-state index contributed by atoms with van der Waals surface area (Å²) < 4.78 is 0. The van der Waals surface area contributed by atoms with Crippen molar-refractivity contribution in [3.8, 4) is 11.3 Å². The molecule has 1 aliphatic heterocycles. The molecule has 0 bridgehead atoms. The topological polar surface area (TPSA) is 102 Å². The summed E-state index contributed by atoms with van der Waals surface area (Å²) in [4.78, 5) is 30.9. The first kappa shape index (κ1) is 15.1. The summed E-state index contributed by atoms with van der Waals surface area (Å²) in [5.41, 5.74) is 12.6. The molecule has 1 saturated heterocycles. The molecule has 1 saturated carbocycles. The minimum absolute atomic E-state index is 0.136. The van der Waals surface area contributed by atoms with Crippen LogP contribution >= 0.6 is 11.3 Å². The normalized spacial score (nSPS) is 27.8. The number of nitrogens with two attached hydrogens (primary N) is 2. The number of amides is 2. The Morgan fingerprint density at radius 1 is 1.33 bits per heavy atom. The third-order valence-corrected chi connectivity index (χ3v) is 5.72. The van der Waals surface area contributed by atoms with E-state index in [0.717, 1.165) is 5.56 Å². The van der Waals surface area contributed by atoms with E-state index in [9.17, 15) is 9.59 Å². The molecule has 1 aliphatic carbocycles. The van der Waals surface area contributed by atoms with Crippen LogP contribution in [0.3, 0.4) is 0 Å². The van der Waals surface area contributed by atoms with Crippen LogP contribution in [-0.4, -0.2) is 33.8 Å². The van der Waals surface area contributed by atoms with Crippen LogP contribution < -0.4 is 11.5 Å². The van der Waals surface area contributed by atoms with Gasteiger partial charge >= 0.3 is 0 Å². The Balaban J connectivity index is 1.71. The van der Waals surface area contributed by atoms with E-state index >= 15 is 0 Å². The Morgan fingerprint density at radius 2 is 2.08 bits per heavy atom. The molecule has 7 heteroatoms. The summed E-state index contributed by atoms with van der Waals surface area (Å²) in [7, 11) is 0. The van der Waals surface area contributed by atoms with Crippen LogP contribution in [0.4, 0.5) is 5.13 Å². The first-order chi connectivity index (χ1) is 11.4. The monoisotopic (exact) mass is 341 g/mol. The van der Waals surface area contributed by atoms with Crippen LogP contribution in [0.5, 0.6) is 0 Å². The molecule has 2 aromatic rings. The first-order valence-electron chi connectivity index (χ1n) is 7.70. The Hall–Kier alpha value is -2.41. The maximum absolute atomic E-state index is 13.1. The van der Waals surface area contributed by atoms with Gasteiger partial charge in [-0.05, 0) is 25.8 Å². The number of rotatable bonds is 3. The highest BCUT2D eigenvalue weighted by Crippen LogP contribution is 2.59. The summed E-state index contributed by atoms with van der Waals surface area (Å²) in [5, 5.41) is 2.29. The number of thiazole rings is 1. The average Bonchev–Trinajstić information content (AvgIpc) is 2.96. The van der Waals surface area contributed by atoms with Crippen LogP contribution in [0, 0.1) is 12.3 Å². The molecule has 2 aliphatic rings. The number of anilines is 1. The molecule has 123 valence electrons. The van der Waals surface area contributed by atoms with Gasteiger partial charge in [0.2, 0.25) is 5.91 Å². The largest absolute Gasteiger partial charge is 0.375 e. The van der Waals surface area contributed by atoms with E-state index in [2.05, 4.69) is 11.9 Å². The fraction of sp³-hybridized carbons (Fsp3) is 0.294. The molecule has 2 fully saturated rings. The number of likely N-dealkylation sites (tertiary alicyclic amines) is 1. The molecule has 3 atom stereocenters. The second kappa shape index (κ2) is 5.04. The van der Waals surface area contributed by atoms with Crippen molar-refractivity contribution in [1.82, 2.24) is 9.88 Å². The van der Waals surface area contributed by atoms with E-state index in [-0.39, 0.29) is 23.9 Å². The number of piperidine rings is 1. The van der Waals surface area contributed by atoms with Gasteiger partial charge in [0, 0.05) is 28.6 Å². The lowest BCUT2D eigenvalue weighted by Gasteiger charge is -2.25. The third-order valence-electron chi connectivity index (χ3n) is 5.04. The molecule has 4 N–H and O–H groups in total. The SMILES string of the molecule is [CH2][C@H]1C[C@@]2(C(N)=O)C[C@@H]2N1C(=O)c1ccccc1-c1csc(N)n1. The van der Waals surface area contributed by atoms with E-state index in [4.69, 9.17) is 11.5 Å². The number of hydrogen-bond acceptors (Lipinski definition) is 5. The second-order valence-electron chi connectivity index (χ2n) is 6.43. The second-order valence-corrected chi connectivity index (χ2v) is 7.32. The van der Waals surface area contributed by atoms with Gasteiger partial charge in [-0.15, -0.1) is 11.3 Å². The number of aromatic nitrogens is 1. The summed E-state index contributed by atoms with van der Waals surface area (Å²) in [6.45, 7) is 4.04.